The van der Waals surface area contributed by atoms with Gasteiger partial charge in [0.05, 0.1) is 38.6 Å². The van der Waals surface area contributed by atoms with Gasteiger partial charge in [-0.25, -0.2) is 4.79 Å². The Labute approximate surface area is 141 Å². The molecule has 1 N–H and O–H groups in total. The zero-order valence-electron chi connectivity index (χ0n) is 13.5. The van der Waals surface area contributed by atoms with Gasteiger partial charge in [-0.3, -0.25) is 14.9 Å². The van der Waals surface area contributed by atoms with Crippen molar-refractivity contribution in [2.24, 2.45) is 0 Å². The zero-order chi connectivity index (χ0) is 18.6. The van der Waals surface area contributed by atoms with E-state index < -0.39 is 22.7 Å². The van der Waals surface area contributed by atoms with Crippen LogP contribution >= 0.6 is 0 Å². The van der Waals surface area contributed by atoms with Crippen LogP contribution in [0.2, 0.25) is 0 Å². The molecule has 2 aromatic rings. The van der Waals surface area contributed by atoms with Gasteiger partial charge in [0.25, 0.3) is 5.91 Å². The lowest BCUT2D eigenvalue weighted by Crippen LogP contribution is -2.15. The Balaban J connectivity index is 2.40. The molecule has 0 bridgehead atoms. The average molecular weight is 350 g/mol. The molecule has 1 aromatic heterocycles. The van der Waals surface area contributed by atoms with E-state index in [-0.39, 0.29) is 28.5 Å². The molecule has 0 spiro atoms. The molecule has 0 fully saturated rings. The van der Waals surface area contributed by atoms with E-state index in [1.807, 2.05) is 0 Å². The van der Waals surface area contributed by atoms with Gasteiger partial charge in [-0.2, -0.15) is 0 Å². The molecule has 1 amide bonds. The number of esters is 1. The monoisotopic (exact) mass is 350 g/mol. The molecule has 0 aliphatic rings. The van der Waals surface area contributed by atoms with Crippen LogP contribution in [-0.4, -0.2) is 38.1 Å². The number of anilines is 1. The van der Waals surface area contributed by atoms with Crippen molar-refractivity contribution >= 4 is 23.4 Å². The summed E-state index contributed by atoms with van der Waals surface area (Å²) in [5.41, 5.74) is 0.0723. The first-order valence-corrected chi connectivity index (χ1v) is 6.81. The minimum Gasteiger partial charge on any atom is -0.493 e. The van der Waals surface area contributed by atoms with E-state index in [1.165, 1.54) is 33.5 Å². The number of carbonyl (C=O) groups excluding carboxylic acids is 2. The predicted octanol–water partition coefficient (Wildman–Crippen LogP) is 2.24. The van der Waals surface area contributed by atoms with E-state index in [0.717, 1.165) is 12.1 Å². The molecule has 1 heterocycles. The van der Waals surface area contributed by atoms with Gasteiger partial charge >= 0.3 is 11.9 Å². The molecular weight excluding hydrogens is 336 g/mol. The Morgan fingerprint density at radius 2 is 1.76 bits per heavy atom. The molecule has 0 atom stereocenters. The maximum atomic E-state index is 12.2. The number of methoxy groups -OCH3 is 3. The summed E-state index contributed by atoms with van der Waals surface area (Å²) in [4.78, 5) is 34.0. The Hall–Kier alpha value is -3.56. The average Bonchev–Trinajstić information content (AvgIpc) is 3.11. The van der Waals surface area contributed by atoms with Crippen LogP contribution in [0, 0.1) is 10.1 Å². The maximum absolute atomic E-state index is 12.2. The summed E-state index contributed by atoms with van der Waals surface area (Å²) in [6.45, 7) is 0. The van der Waals surface area contributed by atoms with Gasteiger partial charge in [0.15, 0.2) is 17.3 Å². The van der Waals surface area contributed by atoms with Crippen molar-refractivity contribution < 1.29 is 33.1 Å². The third kappa shape index (κ3) is 3.68. The molecule has 0 radical (unpaired) electrons. The smallest absolute Gasteiger partial charge is 0.433 e. The summed E-state index contributed by atoms with van der Waals surface area (Å²) in [5, 5.41) is 13.0. The molecule has 0 unspecified atom stereocenters. The highest BCUT2D eigenvalue weighted by molar-refractivity contribution is 6.07. The number of benzene rings is 1. The Kier molecular flexibility index (Phi) is 5.22. The second-order valence-corrected chi connectivity index (χ2v) is 4.59. The minimum absolute atomic E-state index is 0.00885. The van der Waals surface area contributed by atoms with Gasteiger partial charge in [-0.05, 0) is 6.07 Å². The number of nitrogens with zero attached hydrogens (tertiary/aromatic N) is 1. The molecule has 2 rings (SSSR count). The SMILES string of the molecule is COC(=O)c1cc(OC)c(OC)cc1NC(=O)c1ccc([N+](=O)[O-])o1. The van der Waals surface area contributed by atoms with E-state index in [2.05, 4.69) is 10.1 Å². The Morgan fingerprint density at radius 3 is 2.28 bits per heavy atom. The second kappa shape index (κ2) is 7.34. The van der Waals surface area contributed by atoms with Crippen LogP contribution in [0.15, 0.2) is 28.7 Å². The second-order valence-electron chi connectivity index (χ2n) is 4.59. The van der Waals surface area contributed by atoms with Crippen LogP contribution in [-0.2, 0) is 4.74 Å². The van der Waals surface area contributed by atoms with Crippen molar-refractivity contribution in [1.29, 1.82) is 0 Å². The first-order valence-electron chi connectivity index (χ1n) is 6.81. The molecule has 10 nitrogen and oxygen atoms in total. The lowest BCUT2D eigenvalue weighted by Gasteiger charge is -2.14. The van der Waals surface area contributed by atoms with E-state index in [0.29, 0.717) is 0 Å². The summed E-state index contributed by atoms with van der Waals surface area (Å²) >= 11 is 0. The van der Waals surface area contributed by atoms with Crippen LogP contribution < -0.4 is 14.8 Å². The number of amides is 1. The van der Waals surface area contributed by atoms with E-state index in [9.17, 15) is 19.7 Å². The summed E-state index contributed by atoms with van der Waals surface area (Å²) in [6.07, 6.45) is 0. The topological polar surface area (TPSA) is 130 Å². The number of carbonyl (C=O) groups is 2. The quantitative estimate of drug-likeness (QED) is 0.477. The minimum atomic E-state index is -0.787. The maximum Gasteiger partial charge on any atom is 0.433 e. The van der Waals surface area contributed by atoms with Gasteiger partial charge in [0.2, 0.25) is 0 Å². The first-order chi connectivity index (χ1) is 11.9. The highest BCUT2D eigenvalue weighted by Crippen LogP contribution is 2.34. The normalized spacial score (nSPS) is 10.0. The van der Waals surface area contributed by atoms with Gasteiger partial charge in [-0.1, -0.05) is 0 Å². The highest BCUT2D eigenvalue weighted by atomic mass is 16.6. The van der Waals surface area contributed by atoms with Crippen LogP contribution in [0.5, 0.6) is 11.5 Å². The van der Waals surface area contributed by atoms with Crippen molar-refractivity contribution in [3.8, 4) is 11.5 Å². The predicted molar refractivity (Wildman–Crippen MR) is 84.2 cm³/mol. The van der Waals surface area contributed by atoms with E-state index >= 15 is 0 Å². The standard InChI is InChI=1S/C15H14N2O8/c1-22-11-6-8(15(19)24-3)9(7-12(11)23-2)16-14(18)10-4-5-13(25-10)17(20)21/h4-7H,1-3H3,(H,16,18). The van der Waals surface area contributed by atoms with Crippen molar-refractivity contribution in [2.45, 2.75) is 0 Å². The number of rotatable bonds is 6. The number of nitrogens with one attached hydrogen (secondary N) is 1. The van der Waals surface area contributed by atoms with E-state index in [1.54, 1.807) is 0 Å². The summed E-state index contributed by atoms with van der Waals surface area (Å²) in [5.74, 6) is -1.86. The van der Waals surface area contributed by atoms with Gasteiger partial charge in [0.1, 0.15) is 4.92 Å². The number of hydrogen-bond acceptors (Lipinski definition) is 8. The van der Waals surface area contributed by atoms with Crippen molar-refractivity contribution in [3.05, 3.63) is 45.7 Å². The third-order valence-corrected chi connectivity index (χ3v) is 3.17. The molecule has 0 saturated carbocycles. The Bertz CT molecular complexity index is 827. The summed E-state index contributed by atoms with van der Waals surface area (Å²) in [7, 11) is 3.96. The van der Waals surface area contributed by atoms with Gasteiger partial charge in [-0.15, -0.1) is 0 Å². The summed E-state index contributed by atoms with van der Waals surface area (Å²) in [6, 6.07) is 4.89. The fraction of sp³-hybridized carbons (Fsp3) is 0.200. The highest BCUT2D eigenvalue weighted by Gasteiger charge is 2.22. The molecule has 10 heteroatoms. The number of furan rings is 1. The first kappa shape index (κ1) is 17.8. The number of nitro groups is 1. The lowest BCUT2D eigenvalue weighted by molar-refractivity contribution is -0.402. The van der Waals surface area contributed by atoms with Crippen LogP contribution in [0.1, 0.15) is 20.9 Å². The molecule has 1 aromatic carbocycles. The van der Waals surface area contributed by atoms with E-state index in [4.69, 9.17) is 13.9 Å². The Morgan fingerprint density at radius 1 is 1.12 bits per heavy atom. The molecule has 0 saturated heterocycles. The number of ether oxygens (including phenoxy) is 3. The fourth-order valence-corrected chi connectivity index (χ4v) is 1.99. The molecule has 132 valence electrons. The van der Waals surface area contributed by atoms with Crippen LogP contribution in [0.25, 0.3) is 0 Å². The largest absolute Gasteiger partial charge is 0.493 e. The molecule has 0 aliphatic heterocycles. The van der Waals surface area contributed by atoms with Gasteiger partial charge in [0, 0.05) is 12.1 Å². The molecule has 25 heavy (non-hydrogen) atoms. The van der Waals surface area contributed by atoms with Crippen LogP contribution in [0.3, 0.4) is 0 Å². The molecular formula is C15H14N2O8. The summed E-state index contributed by atoms with van der Waals surface area (Å²) < 4.78 is 19.7. The lowest BCUT2D eigenvalue weighted by atomic mass is 10.1. The van der Waals surface area contributed by atoms with Gasteiger partial charge < -0.3 is 23.9 Å². The third-order valence-electron chi connectivity index (χ3n) is 3.17. The zero-order valence-corrected chi connectivity index (χ0v) is 13.5. The molecule has 0 aliphatic carbocycles. The number of hydrogen-bond donors (Lipinski definition) is 1. The van der Waals surface area contributed by atoms with Crippen LogP contribution in [0.4, 0.5) is 11.6 Å². The van der Waals surface area contributed by atoms with Crippen molar-refractivity contribution in [3.63, 3.8) is 0 Å². The van der Waals surface area contributed by atoms with Crippen molar-refractivity contribution in [2.75, 3.05) is 26.6 Å². The van der Waals surface area contributed by atoms with Crippen molar-refractivity contribution in [1.82, 2.24) is 0 Å². The fourth-order valence-electron chi connectivity index (χ4n) is 1.99.